The van der Waals surface area contributed by atoms with Crippen LogP contribution < -0.4 is 21.4 Å². The van der Waals surface area contributed by atoms with E-state index in [1.807, 2.05) is 25.1 Å². The number of rotatable bonds is 7. The van der Waals surface area contributed by atoms with Gasteiger partial charge >= 0.3 is 7.12 Å². The number of nitrogens with two attached hydrogens (primary N) is 1. The van der Waals surface area contributed by atoms with Crippen LogP contribution in [-0.2, 0) is 6.54 Å². The first-order valence-electron chi connectivity index (χ1n) is 9.73. The summed E-state index contributed by atoms with van der Waals surface area (Å²) in [7, 11) is 2.18. The Morgan fingerprint density at radius 3 is 2.66 bits per heavy atom. The number of aromatic nitrogens is 5. The van der Waals surface area contributed by atoms with Crippen molar-refractivity contribution in [3.8, 4) is 11.5 Å². The first-order chi connectivity index (χ1) is 15.3. The predicted octanol–water partition coefficient (Wildman–Crippen LogP) is -0.357. The number of hydrogen-bond acceptors (Lipinski definition) is 9. The standard InChI is InChI=1S/C20H21BN8O3/c1-28(2)17-10-16(23-11-12-5-3-6-13(9-12)21(31)32)24-20(25-17)18-14-7-4-8-15(19(22)30)29(14)27-26-18/h3-10,31-32H,11H2,1-2H3,(H2,22,30)(H,23,24,25). The number of pyridine rings is 1. The fourth-order valence-corrected chi connectivity index (χ4v) is 3.18. The van der Waals surface area contributed by atoms with Gasteiger partial charge in [0.25, 0.3) is 5.91 Å². The van der Waals surface area contributed by atoms with Gasteiger partial charge in [0.05, 0.1) is 5.52 Å². The number of carbonyl (C=O) groups excluding carboxylic acids is 1. The summed E-state index contributed by atoms with van der Waals surface area (Å²) in [6, 6.07) is 13.8. The summed E-state index contributed by atoms with van der Waals surface area (Å²) in [5, 5.41) is 30.2. The second-order valence-corrected chi connectivity index (χ2v) is 7.31. The summed E-state index contributed by atoms with van der Waals surface area (Å²) in [4.78, 5) is 22.7. The Hall–Kier alpha value is -4.03. The number of benzene rings is 1. The zero-order valence-corrected chi connectivity index (χ0v) is 17.5. The third-order valence-corrected chi connectivity index (χ3v) is 4.80. The van der Waals surface area contributed by atoms with E-state index in [4.69, 9.17) is 5.73 Å². The molecule has 12 heteroatoms. The molecule has 1 amide bonds. The minimum absolute atomic E-state index is 0.203. The molecule has 0 bridgehead atoms. The minimum Gasteiger partial charge on any atom is -0.423 e. The molecule has 5 N–H and O–H groups in total. The largest absolute Gasteiger partial charge is 0.488 e. The molecular weight excluding hydrogens is 411 g/mol. The molecule has 0 unspecified atom stereocenters. The molecule has 0 saturated carbocycles. The summed E-state index contributed by atoms with van der Waals surface area (Å²) in [5.41, 5.74) is 7.85. The van der Waals surface area contributed by atoms with E-state index in [1.165, 1.54) is 4.52 Å². The van der Waals surface area contributed by atoms with Gasteiger partial charge < -0.3 is 26.0 Å². The van der Waals surface area contributed by atoms with Crippen molar-refractivity contribution in [2.24, 2.45) is 5.73 Å². The second-order valence-electron chi connectivity index (χ2n) is 7.31. The Bertz CT molecular complexity index is 1290. The van der Waals surface area contributed by atoms with Crippen molar-refractivity contribution in [3.63, 3.8) is 0 Å². The molecule has 0 aliphatic heterocycles. The third-order valence-electron chi connectivity index (χ3n) is 4.80. The number of anilines is 2. The number of primary amides is 1. The lowest BCUT2D eigenvalue weighted by atomic mass is 9.80. The third kappa shape index (κ3) is 4.22. The SMILES string of the molecule is CN(C)c1cc(NCc2cccc(B(O)O)c2)nc(-c2nnn3c(C(N)=O)cccc23)n1. The van der Waals surface area contributed by atoms with Crippen molar-refractivity contribution in [2.75, 3.05) is 24.3 Å². The summed E-state index contributed by atoms with van der Waals surface area (Å²) >= 11 is 0. The molecular formula is C20H21BN8O3. The van der Waals surface area contributed by atoms with Gasteiger partial charge in [-0.1, -0.05) is 35.5 Å². The molecule has 0 aliphatic rings. The summed E-state index contributed by atoms with van der Waals surface area (Å²) in [5.74, 6) is 0.896. The Balaban J connectivity index is 1.70. The normalized spacial score (nSPS) is 10.9. The van der Waals surface area contributed by atoms with E-state index in [0.29, 0.717) is 40.7 Å². The van der Waals surface area contributed by atoms with E-state index in [0.717, 1.165) is 5.56 Å². The summed E-state index contributed by atoms with van der Waals surface area (Å²) in [6.45, 7) is 0.401. The van der Waals surface area contributed by atoms with Crippen molar-refractivity contribution in [3.05, 3.63) is 59.8 Å². The highest BCUT2D eigenvalue weighted by Gasteiger charge is 2.18. The molecule has 0 fully saturated rings. The fourth-order valence-electron chi connectivity index (χ4n) is 3.18. The van der Waals surface area contributed by atoms with E-state index in [2.05, 4.69) is 25.6 Å². The number of fused-ring (bicyclic) bond motifs is 1. The zero-order chi connectivity index (χ0) is 22.8. The van der Waals surface area contributed by atoms with Crippen LogP contribution in [0.15, 0.2) is 48.5 Å². The Kier molecular flexibility index (Phi) is 5.71. The molecule has 0 atom stereocenters. The molecule has 1 aromatic carbocycles. The predicted molar refractivity (Wildman–Crippen MR) is 120 cm³/mol. The number of hydrogen-bond donors (Lipinski definition) is 4. The maximum absolute atomic E-state index is 11.7. The van der Waals surface area contributed by atoms with Crippen LogP contribution in [0.4, 0.5) is 11.6 Å². The summed E-state index contributed by atoms with van der Waals surface area (Å²) < 4.78 is 1.36. The highest BCUT2D eigenvalue weighted by molar-refractivity contribution is 6.58. The van der Waals surface area contributed by atoms with Gasteiger partial charge in [-0.3, -0.25) is 4.79 Å². The molecule has 4 rings (SSSR count). The van der Waals surface area contributed by atoms with Crippen LogP contribution in [0.3, 0.4) is 0 Å². The van der Waals surface area contributed by atoms with Gasteiger partial charge in [0, 0.05) is 26.7 Å². The van der Waals surface area contributed by atoms with Gasteiger partial charge in [-0.2, -0.15) is 0 Å². The molecule has 3 aromatic heterocycles. The monoisotopic (exact) mass is 432 g/mol. The lowest BCUT2D eigenvalue weighted by molar-refractivity contribution is 0.0993. The molecule has 4 aromatic rings. The number of carbonyl (C=O) groups is 1. The van der Waals surface area contributed by atoms with Crippen LogP contribution in [0.5, 0.6) is 0 Å². The molecule has 0 aliphatic carbocycles. The highest BCUT2D eigenvalue weighted by atomic mass is 16.4. The first-order valence-corrected chi connectivity index (χ1v) is 9.73. The van der Waals surface area contributed by atoms with Crippen molar-refractivity contribution in [1.82, 2.24) is 24.8 Å². The van der Waals surface area contributed by atoms with Crippen LogP contribution in [0.2, 0.25) is 0 Å². The van der Waals surface area contributed by atoms with Gasteiger partial charge in [0.1, 0.15) is 17.3 Å². The Morgan fingerprint density at radius 1 is 1.16 bits per heavy atom. The van der Waals surface area contributed by atoms with Crippen molar-refractivity contribution >= 4 is 35.6 Å². The average Bonchev–Trinajstić information content (AvgIpc) is 3.21. The fraction of sp³-hybridized carbons (Fsp3) is 0.150. The van der Waals surface area contributed by atoms with Gasteiger partial charge in [-0.05, 0) is 23.2 Å². The molecule has 32 heavy (non-hydrogen) atoms. The van der Waals surface area contributed by atoms with Crippen molar-refractivity contribution in [2.45, 2.75) is 6.54 Å². The van der Waals surface area contributed by atoms with E-state index >= 15 is 0 Å². The molecule has 0 saturated heterocycles. The van der Waals surface area contributed by atoms with E-state index in [1.54, 1.807) is 42.5 Å². The maximum Gasteiger partial charge on any atom is 0.488 e. The van der Waals surface area contributed by atoms with E-state index in [9.17, 15) is 14.8 Å². The van der Waals surface area contributed by atoms with Crippen LogP contribution in [0.1, 0.15) is 16.1 Å². The lowest BCUT2D eigenvalue weighted by Crippen LogP contribution is -2.30. The molecule has 0 spiro atoms. The van der Waals surface area contributed by atoms with E-state index in [-0.39, 0.29) is 5.69 Å². The topological polar surface area (TPSA) is 155 Å². The highest BCUT2D eigenvalue weighted by Crippen LogP contribution is 2.24. The number of amides is 1. The van der Waals surface area contributed by atoms with Crippen molar-refractivity contribution in [1.29, 1.82) is 0 Å². The maximum atomic E-state index is 11.7. The summed E-state index contributed by atoms with van der Waals surface area (Å²) in [6.07, 6.45) is 0. The van der Waals surface area contributed by atoms with Crippen LogP contribution in [0, 0.1) is 0 Å². The van der Waals surface area contributed by atoms with Gasteiger partial charge in [0.2, 0.25) is 0 Å². The number of nitrogens with one attached hydrogen (secondary N) is 1. The van der Waals surface area contributed by atoms with Gasteiger partial charge in [-0.25, -0.2) is 14.5 Å². The second kappa shape index (κ2) is 8.61. The molecule has 162 valence electrons. The molecule has 11 nitrogen and oxygen atoms in total. The average molecular weight is 432 g/mol. The lowest BCUT2D eigenvalue weighted by Gasteiger charge is -2.15. The Labute approximate surface area is 183 Å². The van der Waals surface area contributed by atoms with E-state index < -0.39 is 13.0 Å². The quantitative estimate of drug-likeness (QED) is 0.287. The van der Waals surface area contributed by atoms with Crippen LogP contribution in [0.25, 0.3) is 17.0 Å². The first kappa shape index (κ1) is 21.2. The minimum atomic E-state index is -1.53. The van der Waals surface area contributed by atoms with Gasteiger partial charge in [-0.15, -0.1) is 5.10 Å². The Morgan fingerprint density at radius 2 is 1.94 bits per heavy atom. The smallest absolute Gasteiger partial charge is 0.423 e. The molecule has 0 radical (unpaired) electrons. The van der Waals surface area contributed by atoms with Crippen LogP contribution in [-0.4, -0.2) is 62.0 Å². The molecule has 3 heterocycles. The van der Waals surface area contributed by atoms with Gasteiger partial charge in [0.15, 0.2) is 11.5 Å². The van der Waals surface area contributed by atoms with Crippen molar-refractivity contribution < 1.29 is 14.8 Å². The number of nitrogens with zero attached hydrogens (tertiary/aromatic N) is 6. The van der Waals surface area contributed by atoms with Crippen LogP contribution >= 0.6 is 0 Å². The zero-order valence-electron chi connectivity index (χ0n) is 17.5.